The number of alkyl halides is 2. The molecule has 6 heteroatoms. The van der Waals surface area contributed by atoms with Gasteiger partial charge in [-0.05, 0) is 35.9 Å². The summed E-state index contributed by atoms with van der Waals surface area (Å²) < 4.78 is 41.4. The molecule has 0 aliphatic rings. The molecule has 0 fully saturated rings. The van der Waals surface area contributed by atoms with Gasteiger partial charge in [0, 0.05) is 12.2 Å². The third-order valence-electron chi connectivity index (χ3n) is 2.53. The van der Waals surface area contributed by atoms with Crippen molar-refractivity contribution in [3.05, 3.63) is 58.9 Å². The highest BCUT2D eigenvalue weighted by atomic mass is 35.5. The minimum Gasteiger partial charge on any atom is -0.433 e. The Balaban J connectivity index is 2.02. The average Bonchev–Trinajstić information content (AvgIpc) is 2.39. The topological polar surface area (TPSA) is 21.3 Å². The van der Waals surface area contributed by atoms with Crippen LogP contribution in [-0.2, 0) is 6.54 Å². The first kappa shape index (κ1) is 14.5. The van der Waals surface area contributed by atoms with Gasteiger partial charge in [0.2, 0.25) is 0 Å². The normalized spacial score (nSPS) is 10.7. The number of ether oxygens (including phenoxy) is 1. The summed E-state index contributed by atoms with van der Waals surface area (Å²) in [6.45, 7) is -2.53. The second kappa shape index (κ2) is 6.52. The first-order chi connectivity index (χ1) is 9.54. The summed E-state index contributed by atoms with van der Waals surface area (Å²) in [6, 6.07) is 10.5. The predicted octanol–water partition coefficient (Wildman–Crippen LogP) is 4.69. The van der Waals surface area contributed by atoms with Crippen molar-refractivity contribution in [1.29, 1.82) is 0 Å². The van der Waals surface area contributed by atoms with Gasteiger partial charge < -0.3 is 10.1 Å². The summed E-state index contributed by atoms with van der Waals surface area (Å²) in [5.74, 6) is -0.402. The number of halogens is 4. The van der Waals surface area contributed by atoms with Crippen molar-refractivity contribution in [3.63, 3.8) is 0 Å². The fraction of sp³-hybridized carbons (Fsp3) is 0.143. The van der Waals surface area contributed by atoms with Gasteiger partial charge in [0.15, 0.2) is 0 Å². The highest BCUT2D eigenvalue weighted by molar-refractivity contribution is 6.32. The second-order valence-corrected chi connectivity index (χ2v) is 4.41. The van der Waals surface area contributed by atoms with E-state index in [1.807, 2.05) is 0 Å². The highest BCUT2D eigenvalue weighted by Crippen LogP contribution is 2.29. The number of anilines is 1. The van der Waals surface area contributed by atoms with Gasteiger partial charge in [-0.2, -0.15) is 8.78 Å². The Bertz CT molecular complexity index is 592. The van der Waals surface area contributed by atoms with Crippen LogP contribution in [0.15, 0.2) is 42.5 Å². The molecule has 2 aromatic carbocycles. The number of hydrogen-bond donors (Lipinski definition) is 1. The van der Waals surface area contributed by atoms with Crippen molar-refractivity contribution in [3.8, 4) is 5.75 Å². The quantitative estimate of drug-likeness (QED) is 0.865. The Morgan fingerprint density at radius 1 is 1.15 bits per heavy atom. The molecule has 0 amide bonds. The molecule has 0 aliphatic heterocycles. The van der Waals surface area contributed by atoms with Crippen LogP contribution < -0.4 is 10.1 Å². The number of hydrogen-bond acceptors (Lipinski definition) is 2. The Morgan fingerprint density at radius 3 is 2.60 bits per heavy atom. The van der Waals surface area contributed by atoms with Gasteiger partial charge in [-0.3, -0.25) is 0 Å². The molecule has 0 radical (unpaired) electrons. The van der Waals surface area contributed by atoms with E-state index in [2.05, 4.69) is 10.1 Å². The molecule has 0 saturated heterocycles. The zero-order valence-corrected chi connectivity index (χ0v) is 11.0. The van der Waals surface area contributed by atoms with Crippen LogP contribution in [0.5, 0.6) is 5.75 Å². The summed E-state index contributed by atoms with van der Waals surface area (Å²) >= 11 is 5.82. The van der Waals surface area contributed by atoms with Gasteiger partial charge in [-0.25, -0.2) is 4.39 Å². The standard InChI is InChI=1S/C14H11ClF3NO/c15-12-7-11(4-5-13(12)20-14(17)18)19-8-9-2-1-3-10(16)6-9/h1-7,14,19H,8H2. The van der Waals surface area contributed by atoms with Gasteiger partial charge in [-0.15, -0.1) is 0 Å². The maximum atomic E-state index is 13.0. The Morgan fingerprint density at radius 2 is 1.95 bits per heavy atom. The first-order valence-corrected chi connectivity index (χ1v) is 6.15. The van der Waals surface area contributed by atoms with E-state index in [0.29, 0.717) is 12.2 Å². The van der Waals surface area contributed by atoms with Crippen molar-refractivity contribution in [2.24, 2.45) is 0 Å². The summed E-state index contributed by atoms with van der Waals surface area (Å²) in [5, 5.41) is 3.09. The van der Waals surface area contributed by atoms with E-state index in [-0.39, 0.29) is 16.6 Å². The molecule has 20 heavy (non-hydrogen) atoms. The lowest BCUT2D eigenvalue weighted by molar-refractivity contribution is -0.0497. The molecule has 0 unspecified atom stereocenters. The van der Waals surface area contributed by atoms with E-state index in [4.69, 9.17) is 11.6 Å². The van der Waals surface area contributed by atoms with E-state index in [1.165, 1.54) is 24.3 Å². The van der Waals surface area contributed by atoms with Gasteiger partial charge in [-0.1, -0.05) is 23.7 Å². The van der Waals surface area contributed by atoms with E-state index >= 15 is 0 Å². The molecule has 2 nitrogen and oxygen atoms in total. The van der Waals surface area contributed by atoms with Crippen LogP contribution in [0.2, 0.25) is 5.02 Å². The van der Waals surface area contributed by atoms with Crippen molar-refractivity contribution in [2.45, 2.75) is 13.2 Å². The van der Waals surface area contributed by atoms with Crippen molar-refractivity contribution >= 4 is 17.3 Å². The SMILES string of the molecule is Fc1cccc(CNc2ccc(OC(F)F)c(Cl)c2)c1. The Hall–Kier alpha value is -1.88. The van der Waals surface area contributed by atoms with Crippen LogP contribution in [0.3, 0.4) is 0 Å². The van der Waals surface area contributed by atoms with Crippen molar-refractivity contribution < 1.29 is 17.9 Å². The fourth-order valence-corrected chi connectivity index (χ4v) is 1.88. The number of rotatable bonds is 5. The van der Waals surface area contributed by atoms with Crippen molar-refractivity contribution in [2.75, 3.05) is 5.32 Å². The van der Waals surface area contributed by atoms with E-state index in [0.717, 1.165) is 5.56 Å². The van der Waals surface area contributed by atoms with Crippen LogP contribution in [-0.4, -0.2) is 6.61 Å². The molecule has 2 aromatic rings. The summed E-state index contributed by atoms with van der Waals surface area (Å²) in [6.07, 6.45) is 0. The monoisotopic (exact) mass is 301 g/mol. The van der Waals surface area contributed by atoms with Gasteiger partial charge >= 0.3 is 6.61 Å². The lowest BCUT2D eigenvalue weighted by Crippen LogP contribution is -2.03. The van der Waals surface area contributed by atoms with E-state index < -0.39 is 6.61 Å². The Labute approximate surface area is 119 Å². The van der Waals surface area contributed by atoms with Gasteiger partial charge in [0.25, 0.3) is 0 Å². The molecule has 0 aliphatic carbocycles. The highest BCUT2D eigenvalue weighted by Gasteiger charge is 2.08. The smallest absolute Gasteiger partial charge is 0.387 e. The fourth-order valence-electron chi connectivity index (χ4n) is 1.65. The molecule has 106 valence electrons. The Kier molecular flexibility index (Phi) is 4.74. The third-order valence-corrected chi connectivity index (χ3v) is 2.83. The molecular weight excluding hydrogens is 291 g/mol. The zero-order valence-electron chi connectivity index (χ0n) is 10.2. The van der Waals surface area contributed by atoms with Crippen LogP contribution in [0.25, 0.3) is 0 Å². The third kappa shape index (κ3) is 4.06. The number of benzene rings is 2. The van der Waals surface area contributed by atoms with Crippen LogP contribution in [0.1, 0.15) is 5.56 Å². The summed E-state index contributed by atoms with van der Waals surface area (Å²) in [5.41, 5.74) is 1.38. The maximum Gasteiger partial charge on any atom is 0.387 e. The lowest BCUT2D eigenvalue weighted by Gasteiger charge is -2.10. The van der Waals surface area contributed by atoms with Crippen molar-refractivity contribution in [1.82, 2.24) is 0 Å². The molecule has 1 N–H and O–H groups in total. The van der Waals surface area contributed by atoms with Crippen LogP contribution >= 0.6 is 11.6 Å². The van der Waals surface area contributed by atoms with Gasteiger partial charge in [0.1, 0.15) is 11.6 Å². The molecule has 0 heterocycles. The predicted molar refractivity (Wildman–Crippen MR) is 71.8 cm³/mol. The molecule has 2 rings (SSSR count). The molecule has 0 saturated carbocycles. The zero-order chi connectivity index (χ0) is 14.5. The minimum absolute atomic E-state index is 0.0783. The van der Waals surface area contributed by atoms with Crippen LogP contribution in [0, 0.1) is 5.82 Å². The minimum atomic E-state index is -2.92. The lowest BCUT2D eigenvalue weighted by atomic mass is 10.2. The molecular formula is C14H11ClF3NO. The summed E-state index contributed by atoms with van der Waals surface area (Å²) in [7, 11) is 0. The number of nitrogens with one attached hydrogen (secondary N) is 1. The molecule has 0 bridgehead atoms. The molecule has 0 aromatic heterocycles. The average molecular weight is 302 g/mol. The second-order valence-electron chi connectivity index (χ2n) is 4.01. The maximum absolute atomic E-state index is 13.0. The first-order valence-electron chi connectivity index (χ1n) is 5.77. The van der Waals surface area contributed by atoms with E-state index in [9.17, 15) is 13.2 Å². The largest absolute Gasteiger partial charge is 0.433 e. The molecule has 0 atom stereocenters. The van der Waals surface area contributed by atoms with Crippen LogP contribution in [0.4, 0.5) is 18.9 Å². The van der Waals surface area contributed by atoms with E-state index in [1.54, 1.807) is 18.2 Å². The molecule has 0 spiro atoms. The van der Waals surface area contributed by atoms with Gasteiger partial charge in [0.05, 0.1) is 5.02 Å². The summed E-state index contributed by atoms with van der Waals surface area (Å²) in [4.78, 5) is 0.